The van der Waals surface area contributed by atoms with E-state index in [1.807, 2.05) is 6.92 Å². The van der Waals surface area contributed by atoms with Crippen LogP contribution in [0.15, 0.2) is 0 Å². The van der Waals surface area contributed by atoms with Crippen molar-refractivity contribution >= 4 is 0 Å². The zero-order valence-electron chi connectivity index (χ0n) is 9.42. The summed E-state index contributed by atoms with van der Waals surface area (Å²) < 4.78 is 0. The fraction of sp³-hybridized carbons (Fsp3) is 0.833. The lowest BCUT2D eigenvalue weighted by atomic mass is 10.2. The molecule has 0 aromatic rings. The maximum absolute atomic E-state index is 5.28. The van der Waals surface area contributed by atoms with Gasteiger partial charge in [-0.3, -0.25) is 0 Å². The lowest BCUT2D eigenvalue weighted by molar-refractivity contribution is 0.244. The Morgan fingerprint density at radius 3 is 2.71 bits per heavy atom. The molecule has 1 saturated carbocycles. The van der Waals surface area contributed by atoms with E-state index in [0.29, 0.717) is 0 Å². The third-order valence-electron chi connectivity index (χ3n) is 3.11. The third-order valence-corrected chi connectivity index (χ3v) is 3.11. The summed E-state index contributed by atoms with van der Waals surface area (Å²) in [6, 6.07) is 1.02. The van der Waals surface area contributed by atoms with Gasteiger partial charge in [0.25, 0.3) is 0 Å². The monoisotopic (exact) mass is 194 g/mol. The lowest BCUT2D eigenvalue weighted by Gasteiger charge is -2.24. The Bertz CT molecular complexity index is 189. The number of nitrogens with one attached hydrogen (secondary N) is 1. The van der Waals surface area contributed by atoms with Gasteiger partial charge in [-0.05, 0) is 26.8 Å². The van der Waals surface area contributed by atoms with Gasteiger partial charge in [0.2, 0.25) is 0 Å². The van der Waals surface area contributed by atoms with Crippen molar-refractivity contribution in [2.45, 2.75) is 44.7 Å². The molecule has 1 aliphatic carbocycles. The molecule has 0 saturated heterocycles. The zero-order chi connectivity index (χ0) is 10.4. The standard InChI is InChI=1S/C12H22N2/c1-4-11(2)13-9-10-14(3)12-7-5-6-8-12/h1,11-13H,5-10H2,2-3H3. The molecule has 1 fully saturated rings. The first-order valence-corrected chi connectivity index (χ1v) is 5.64. The minimum absolute atomic E-state index is 0.201. The Labute approximate surface area is 88.1 Å². The van der Waals surface area contributed by atoms with Crippen molar-refractivity contribution in [3.05, 3.63) is 0 Å². The second-order valence-electron chi connectivity index (χ2n) is 4.26. The molecule has 0 aromatic heterocycles. The van der Waals surface area contributed by atoms with Crippen LogP contribution in [0.25, 0.3) is 0 Å². The predicted molar refractivity (Wildman–Crippen MR) is 61.2 cm³/mol. The Morgan fingerprint density at radius 2 is 2.14 bits per heavy atom. The molecule has 1 N–H and O–H groups in total. The van der Waals surface area contributed by atoms with E-state index in [4.69, 9.17) is 6.42 Å². The van der Waals surface area contributed by atoms with E-state index in [0.717, 1.165) is 19.1 Å². The van der Waals surface area contributed by atoms with Gasteiger partial charge in [0.05, 0.1) is 6.04 Å². The molecule has 0 radical (unpaired) electrons. The van der Waals surface area contributed by atoms with Crippen molar-refractivity contribution < 1.29 is 0 Å². The molecule has 1 aliphatic rings. The molecule has 0 bridgehead atoms. The van der Waals surface area contributed by atoms with E-state index in [9.17, 15) is 0 Å². The lowest BCUT2D eigenvalue weighted by Crippen LogP contribution is -2.37. The van der Waals surface area contributed by atoms with Crippen molar-refractivity contribution in [1.82, 2.24) is 10.2 Å². The molecule has 1 rings (SSSR count). The van der Waals surface area contributed by atoms with Crippen molar-refractivity contribution in [2.75, 3.05) is 20.1 Å². The summed E-state index contributed by atoms with van der Waals surface area (Å²) in [5.41, 5.74) is 0. The van der Waals surface area contributed by atoms with Gasteiger partial charge in [-0.1, -0.05) is 18.8 Å². The van der Waals surface area contributed by atoms with E-state index < -0.39 is 0 Å². The second-order valence-corrected chi connectivity index (χ2v) is 4.26. The maximum atomic E-state index is 5.28. The number of likely N-dealkylation sites (N-methyl/N-ethyl adjacent to an activating group) is 1. The quantitative estimate of drug-likeness (QED) is 0.667. The van der Waals surface area contributed by atoms with Gasteiger partial charge >= 0.3 is 0 Å². The van der Waals surface area contributed by atoms with Gasteiger partial charge in [-0.25, -0.2) is 0 Å². The summed E-state index contributed by atoms with van der Waals surface area (Å²) in [5, 5.41) is 3.31. The SMILES string of the molecule is C#CC(C)NCCN(C)C1CCCC1. The van der Waals surface area contributed by atoms with Gasteiger partial charge in [-0.15, -0.1) is 6.42 Å². The van der Waals surface area contributed by atoms with E-state index in [1.165, 1.54) is 25.7 Å². The number of rotatable bonds is 5. The summed E-state index contributed by atoms with van der Waals surface area (Å²) in [5.74, 6) is 2.68. The number of hydrogen-bond acceptors (Lipinski definition) is 2. The van der Waals surface area contributed by atoms with Gasteiger partial charge in [0.1, 0.15) is 0 Å². The average molecular weight is 194 g/mol. The molecule has 0 aliphatic heterocycles. The Morgan fingerprint density at radius 1 is 1.50 bits per heavy atom. The Balaban J connectivity index is 2.08. The van der Waals surface area contributed by atoms with Crippen LogP contribution in [0.3, 0.4) is 0 Å². The molecule has 0 aromatic carbocycles. The smallest absolute Gasteiger partial charge is 0.0658 e. The summed E-state index contributed by atoms with van der Waals surface area (Å²) in [7, 11) is 2.22. The molecule has 2 heteroatoms. The first kappa shape index (κ1) is 11.6. The summed E-state index contributed by atoms with van der Waals surface area (Å²) in [6.07, 6.45) is 10.8. The predicted octanol–water partition coefficient (Wildman–Crippen LogP) is 1.47. The molecule has 0 heterocycles. The molecule has 14 heavy (non-hydrogen) atoms. The fourth-order valence-corrected chi connectivity index (χ4v) is 2.04. The van der Waals surface area contributed by atoms with Crippen LogP contribution in [0.5, 0.6) is 0 Å². The van der Waals surface area contributed by atoms with Gasteiger partial charge in [0.15, 0.2) is 0 Å². The Hall–Kier alpha value is -0.520. The highest BCUT2D eigenvalue weighted by molar-refractivity contribution is 4.95. The molecule has 80 valence electrons. The summed E-state index contributed by atoms with van der Waals surface area (Å²) in [6.45, 7) is 4.13. The van der Waals surface area contributed by atoms with E-state index in [1.54, 1.807) is 0 Å². The highest BCUT2D eigenvalue weighted by Gasteiger charge is 2.18. The van der Waals surface area contributed by atoms with Crippen LogP contribution < -0.4 is 5.32 Å². The first-order valence-electron chi connectivity index (χ1n) is 5.64. The molecular formula is C12H22N2. The van der Waals surface area contributed by atoms with Crippen molar-refractivity contribution in [3.63, 3.8) is 0 Å². The minimum atomic E-state index is 0.201. The summed E-state index contributed by atoms with van der Waals surface area (Å²) in [4.78, 5) is 2.46. The van der Waals surface area contributed by atoms with Gasteiger partial charge < -0.3 is 10.2 Å². The van der Waals surface area contributed by atoms with E-state index in [-0.39, 0.29) is 6.04 Å². The van der Waals surface area contributed by atoms with Crippen LogP contribution in [0, 0.1) is 12.3 Å². The van der Waals surface area contributed by atoms with Crippen LogP contribution in [0.4, 0.5) is 0 Å². The van der Waals surface area contributed by atoms with Crippen LogP contribution in [-0.2, 0) is 0 Å². The number of terminal acetylenes is 1. The maximum Gasteiger partial charge on any atom is 0.0658 e. The van der Waals surface area contributed by atoms with Crippen LogP contribution >= 0.6 is 0 Å². The van der Waals surface area contributed by atoms with E-state index in [2.05, 4.69) is 23.2 Å². The number of hydrogen-bond donors (Lipinski definition) is 1. The number of nitrogens with zero attached hydrogens (tertiary/aromatic N) is 1. The minimum Gasteiger partial charge on any atom is -0.303 e. The first-order chi connectivity index (χ1) is 6.74. The van der Waals surface area contributed by atoms with Crippen molar-refractivity contribution in [3.8, 4) is 12.3 Å². The zero-order valence-corrected chi connectivity index (χ0v) is 9.42. The van der Waals surface area contributed by atoms with Gasteiger partial charge in [-0.2, -0.15) is 0 Å². The fourth-order valence-electron chi connectivity index (χ4n) is 2.04. The third kappa shape index (κ3) is 3.69. The average Bonchev–Trinajstić information content (AvgIpc) is 2.70. The highest BCUT2D eigenvalue weighted by Crippen LogP contribution is 2.21. The molecule has 1 atom stereocenters. The molecule has 1 unspecified atom stereocenters. The molecule has 2 nitrogen and oxygen atoms in total. The normalized spacial score (nSPS) is 19.9. The highest BCUT2D eigenvalue weighted by atomic mass is 15.1. The van der Waals surface area contributed by atoms with Crippen molar-refractivity contribution in [1.29, 1.82) is 0 Å². The Kier molecular flexibility index (Phi) is 5.00. The van der Waals surface area contributed by atoms with Gasteiger partial charge in [0, 0.05) is 19.1 Å². The molecule has 0 amide bonds. The van der Waals surface area contributed by atoms with Crippen LogP contribution in [-0.4, -0.2) is 37.1 Å². The molecule has 0 spiro atoms. The van der Waals surface area contributed by atoms with E-state index >= 15 is 0 Å². The largest absolute Gasteiger partial charge is 0.303 e. The summed E-state index contributed by atoms with van der Waals surface area (Å²) >= 11 is 0. The second kappa shape index (κ2) is 6.06. The van der Waals surface area contributed by atoms with Crippen LogP contribution in [0.1, 0.15) is 32.6 Å². The molecular weight excluding hydrogens is 172 g/mol. The van der Waals surface area contributed by atoms with Crippen molar-refractivity contribution in [2.24, 2.45) is 0 Å². The topological polar surface area (TPSA) is 15.3 Å². The van der Waals surface area contributed by atoms with Crippen LogP contribution in [0.2, 0.25) is 0 Å².